The van der Waals surface area contributed by atoms with Gasteiger partial charge in [-0.1, -0.05) is 0 Å². The van der Waals surface area contributed by atoms with Gasteiger partial charge in [-0.05, 0) is 19.8 Å². The van der Waals surface area contributed by atoms with Crippen LogP contribution in [-0.4, -0.2) is 28.7 Å². The molecule has 0 radical (unpaired) electrons. The second kappa shape index (κ2) is 4.73. The Bertz CT molecular complexity index is 510. The van der Waals surface area contributed by atoms with Gasteiger partial charge in [0, 0.05) is 25.2 Å². The van der Waals surface area contributed by atoms with Gasteiger partial charge >= 0.3 is 5.69 Å². The molecule has 0 saturated carbocycles. The normalized spacial score (nSPS) is 18.4. The molecular formula is C12H14F2N2O3. The van der Waals surface area contributed by atoms with Crippen molar-refractivity contribution in [3.63, 3.8) is 0 Å². The van der Waals surface area contributed by atoms with Gasteiger partial charge in [-0.3, -0.25) is 10.1 Å². The number of anilines is 1. The van der Waals surface area contributed by atoms with Crippen LogP contribution in [0.5, 0.6) is 0 Å². The van der Waals surface area contributed by atoms with Crippen LogP contribution < -0.4 is 4.90 Å². The van der Waals surface area contributed by atoms with Crippen LogP contribution >= 0.6 is 0 Å². The van der Waals surface area contributed by atoms with Gasteiger partial charge in [0.25, 0.3) is 0 Å². The summed E-state index contributed by atoms with van der Waals surface area (Å²) in [6, 6.07) is 1.46. The number of nitro benzene ring substituents is 1. The molecule has 0 aliphatic carbocycles. The van der Waals surface area contributed by atoms with Crippen LogP contribution in [0.3, 0.4) is 0 Å². The molecule has 1 aliphatic heterocycles. The summed E-state index contributed by atoms with van der Waals surface area (Å²) in [5.41, 5.74) is -1.63. The lowest BCUT2D eigenvalue weighted by atomic mass is 9.93. The average Bonchev–Trinajstić information content (AvgIpc) is 2.26. The predicted octanol–water partition coefficient (Wildman–Crippen LogP) is 2.22. The van der Waals surface area contributed by atoms with Crippen LogP contribution in [0.25, 0.3) is 0 Å². The first-order valence-corrected chi connectivity index (χ1v) is 5.91. The van der Waals surface area contributed by atoms with E-state index in [1.54, 1.807) is 6.92 Å². The second-order valence-corrected chi connectivity index (χ2v) is 5.00. The van der Waals surface area contributed by atoms with Crippen molar-refractivity contribution in [2.75, 3.05) is 18.0 Å². The van der Waals surface area contributed by atoms with Crippen LogP contribution in [0, 0.1) is 21.7 Å². The maximum absolute atomic E-state index is 13.5. The highest BCUT2D eigenvalue weighted by molar-refractivity contribution is 5.64. The summed E-state index contributed by atoms with van der Waals surface area (Å²) in [6.45, 7) is 2.30. The Morgan fingerprint density at radius 3 is 2.47 bits per heavy atom. The van der Waals surface area contributed by atoms with Gasteiger partial charge in [0.05, 0.1) is 10.5 Å². The highest BCUT2D eigenvalue weighted by Gasteiger charge is 2.32. The average molecular weight is 272 g/mol. The van der Waals surface area contributed by atoms with Gasteiger partial charge in [-0.2, -0.15) is 4.39 Å². The van der Waals surface area contributed by atoms with Crippen LogP contribution in [0.2, 0.25) is 0 Å². The lowest BCUT2D eigenvalue weighted by molar-refractivity contribution is -0.386. The highest BCUT2D eigenvalue weighted by atomic mass is 19.1. The third-order valence-corrected chi connectivity index (χ3v) is 3.37. The van der Waals surface area contributed by atoms with E-state index in [2.05, 4.69) is 0 Å². The standard InChI is InChI=1S/C12H14F2N2O3/c1-12(17)2-4-15(5-3-12)10-7-8(13)6-9(14)11(10)16(18)19/h6-7,17H,2-5H2,1H3. The van der Waals surface area contributed by atoms with E-state index in [4.69, 9.17) is 0 Å². The van der Waals surface area contributed by atoms with E-state index in [-0.39, 0.29) is 5.69 Å². The lowest BCUT2D eigenvalue weighted by Crippen LogP contribution is -2.42. The van der Waals surface area contributed by atoms with E-state index >= 15 is 0 Å². The molecule has 1 aliphatic rings. The largest absolute Gasteiger partial charge is 0.390 e. The number of halogens is 2. The number of aliphatic hydroxyl groups is 1. The van der Waals surface area contributed by atoms with Crippen molar-refractivity contribution >= 4 is 11.4 Å². The summed E-state index contributed by atoms with van der Waals surface area (Å²) >= 11 is 0. The van der Waals surface area contributed by atoms with E-state index in [0.717, 1.165) is 6.07 Å². The second-order valence-electron chi connectivity index (χ2n) is 5.00. The zero-order valence-electron chi connectivity index (χ0n) is 10.4. The topological polar surface area (TPSA) is 66.6 Å². The Hall–Kier alpha value is -1.76. The SMILES string of the molecule is CC1(O)CCN(c2cc(F)cc(F)c2[N+](=O)[O-])CC1. The number of nitrogens with zero attached hydrogens (tertiary/aromatic N) is 2. The number of hydrogen-bond acceptors (Lipinski definition) is 4. The van der Waals surface area contributed by atoms with E-state index < -0.39 is 27.8 Å². The molecule has 104 valence electrons. The number of hydrogen-bond donors (Lipinski definition) is 1. The molecular weight excluding hydrogens is 258 g/mol. The third kappa shape index (κ3) is 2.81. The molecule has 1 aromatic rings. The summed E-state index contributed by atoms with van der Waals surface area (Å²) in [7, 11) is 0. The fourth-order valence-corrected chi connectivity index (χ4v) is 2.20. The minimum absolute atomic E-state index is 0.0713. The zero-order valence-corrected chi connectivity index (χ0v) is 10.4. The minimum atomic E-state index is -1.18. The van der Waals surface area contributed by atoms with E-state index in [0.29, 0.717) is 32.0 Å². The number of nitro groups is 1. The Morgan fingerprint density at radius 1 is 1.37 bits per heavy atom. The van der Waals surface area contributed by atoms with Crippen LogP contribution in [0.15, 0.2) is 12.1 Å². The molecule has 0 aromatic heterocycles. The molecule has 0 spiro atoms. The van der Waals surface area contributed by atoms with E-state index in [9.17, 15) is 24.0 Å². The Labute approximate surface area is 108 Å². The van der Waals surface area contributed by atoms with Crippen LogP contribution in [-0.2, 0) is 0 Å². The summed E-state index contributed by atoms with van der Waals surface area (Å²) in [5, 5.41) is 20.7. The molecule has 1 aromatic carbocycles. The fraction of sp³-hybridized carbons (Fsp3) is 0.500. The first-order chi connectivity index (χ1) is 8.80. The number of rotatable bonds is 2. The van der Waals surface area contributed by atoms with Crippen molar-refractivity contribution in [3.8, 4) is 0 Å². The quantitative estimate of drug-likeness (QED) is 0.662. The summed E-state index contributed by atoms with van der Waals surface area (Å²) in [6.07, 6.45) is 0.782. The van der Waals surface area contributed by atoms with Gasteiger partial charge in [-0.15, -0.1) is 0 Å². The molecule has 1 fully saturated rings. The van der Waals surface area contributed by atoms with Gasteiger partial charge in [-0.25, -0.2) is 4.39 Å². The summed E-state index contributed by atoms with van der Waals surface area (Å²) in [5.74, 6) is -2.03. The third-order valence-electron chi connectivity index (χ3n) is 3.37. The monoisotopic (exact) mass is 272 g/mol. The van der Waals surface area contributed by atoms with Crippen molar-refractivity contribution in [2.24, 2.45) is 0 Å². The molecule has 2 rings (SSSR count). The van der Waals surface area contributed by atoms with Crippen LogP contribution in [0.1, 0.15) is 19.8 Å². The predicted molar refractivity (Wildman–Crippen MR) is 65.1 cm³/mol. The Balaban J connectivity index is 2.37. The van der Waals surface area contributed by atoms with E-state index in [1.165, 1.54) is 4.90 Å². The molecule has 5 nitrogen and oxygen atoms in total. The smallest absolute Gasteiger partial charge is 0.328 e. The first-order valence-electron chi connectivity index (χ1n) is 5.91. The lowest BCUT2D eigenvalue weighted by Gasteiger charge is -2.36. The summed E-state index contributed by atoms with van der Waals surface area (Å²) < 4.78 is 26.8. The molecule has 0 amide bonds. The van der Waals surface area contributed by atoms with Crippen molar-refractivity contribution in [3.05, 3.63) is 33.9 Å². The van der Waals surface area contributed by atoms with Gasteiger partial charge in [0.1, 0.15) is 11.5 Å². The van der Waals surface area contributed by atoms with Crippen molar-refractivity contribution < 1.29 is 18.8 Å². The molecule has 7 heteroatoms. The molecule has 0 bridgehead atoms. The van der Waals surface area contributed by atoms with Crippen molar-refractivity contribution in [2.45, 2.75) is 25.4 Å². The maximum atomic E-state index is 13.5. The molecule has 1 heterocycles. The van der Waals surface area contributed by atoms with Crippen molar-refractivity contribution in [1.82, 2.24) is 0 Å². The summed E-state index contributed by atoms with van der Waals surface area (Å²) in [4.78, 5) is 11.6. The first kappa shape index (κ1) is 13.7. The molecule has 19 heavy (non-hydrogen) atoms. The zero-order chi connectivity index (χ0) is 14.2. The highest BCUT2D eigenvalue weighted by Crippen LogP contribution is 2.35. The van der Waals surface area contributed by atoms with Crippen molar-refractivity contribution in [1.29, 1.82) is 0 Å². The van der Waals surface area contributed by atoms with Crippen LogP contribution in [0.4, 0.5) is 20.2 Å². The maximum Gasteiger partial charge on any atom is 0.328 e. The molecule has 0 unspecified atom stereocenters. The molecule has 1 saturated heterocycles. The number of benzene rings is 1. The van der Waals surface area contributed by atoms with Gasteiger partial charge in [0.2, 0.25) is 5.82 Å². The fourth-order valence-electron chi connectivity index (χ4n) is 2.20. The minimum Gasteiger partial charge on any atom is -0.390 e. The van der Waals surface area contributed by atoms with Gasteiger partial charge in [0.15, 0.2) is 0 Å². The van der Waals surface area contributed by atoms with Gasteiger partial charge < -0.3 is 10.0 Å². The Morgan fingerprint density at radius 2 is 1.95 bits per heavy atom. The Kier molecular flexibility index (Phi) is 3.40. The number of piperidine rings is 1. The molecule has 0 atom stereocenters. The molecule has 1 N–H and O–H groups in total. The van der Waals surface area contributed by atoms with E-state index in [1.807, 2.05) is 0 Å².